The number of allylic oxidation sites excluding steroid dienone is 2. The first-order chi connectivity index (χ1) is 24.9. The molecule has 304 valence electrons. The number of hydrogen-bond acceptors (Lipinski definition) is 8. The Balaban J connectivity index is 5.05. The first-order valence-electron chi connectivity index (χ1n) is 19.1. The van der Waals surface area contributed by atoms with Crippen LogP contribution < -0.4 is 37.2 Å². The lowest BCUT2D eigenvalue weighted by molar-refractivity contribution is -0.136. The fourth-order valence-electron chi connectivity index (χ4n) is 5.22. The van der Waals surface area contributed by atoms with Crippen molar-refractivity contribution in [3.8, 4) is 0 Å². The number of rotatable bonds is 27. The molecule has 0 aromatic heterocycles. The maximum absolute atomic E-state index is 13.3. The zero-order chi connectivity index (χ0) is 40.6. The van der Waals surface area contributed by atoms with Crippen LogP contribution in [0.15, 0.2) is 12.2 Å². The molecule has 0 rings (SSSR count). The second kappa shape index (κ2) is 26.7. The first-order valence-corrected chi connectivity index (χ1v) is 19.1. The van der Waals surface area contributed by atoms with Crippen molar-refractivity contribution < 1.29 is 38.7 Å². The number of aliphatic hydroxyl groups excluding tert-OH is 1. The molecule has 0 aliphatic rings. The van der Waals surface area contributed by atoms with Crippen molar-refractivity contribution in [3.05, 3.63) is 12.2 Å². The van der Waals surface area contributed by atoms with Crippen LogP contribution in [0, 0.1) is 17.8 Å². The molecule has 7 amide bonds. The lowest BCUT2D eigenvalue weighted by atomic mass is 9.97. The molecule has 0 aromatic carbocycles. The van der Waals surface area contributed by atoms with E-state index >= 15 is 0 Å². The number of aliphatic hydroxyl groups is 1. The highest BCUT2D eigenvalue weighted by Crippen LogP contribution is 2.11. The van der Waals surface area contributed by atoms with E-state index in [9.17, 15) is 38.7 Å². The molecule has 0 aliphatic heterocycles. The monoisotopic (exact) mass is 752 g/mol. The Bertz CT molecular complexity index is 1200. The Morgan fingerprint density at radius 3 is 1.81 bits per heavy atom. The second-order valence-corrected chi connectivity index (χ2v) is 15.1. The van der Waals surface area contributed by atoms with E-state index in [1.165, 1.54) is 20.3 Å². The lowest BCUT2D eigenvalue weighted by Gasteiger charge is -2.29. The van der Waals surface area contributed by atoms with Gasteiger partial charge in [0.1, 0.15) is 17.6 Å². The predicted molar refractivity (Wildman–Crippen MR) is 205 cm³/mol. The third kappa shape index (κ3) is 22.6. The van der Waals surface area contributed by atoms with Gasteiger partial charge in [-0.2, -0.15) is 0 Å². The van der Waals surface area contributed by atoms with Crippen molar-refractivity contribution in [2.45, 2.75) is 144 Å². The summed E-state index contributed by atoms with van der Waals surface area (Å²) < 4.78 is 0. The minimum atomic E-state index is -1.49. The Labute approximate surface area is 316 Å². The SMILES string of the molecule is CCCCC/C=C/CCC(=O)NCC(=O)NCC(=O)NC(CC(C)C)C(=O)NC(C)(C)C(=O)NCC(=O)NC(C(=O)NC(CO)CC(C)C)C(C)CC. The van der Waals surface area contributed by atoms with E-state index in [2.05, 4.69) is 50.2 Å². The molecule has 4 atom stereocenters. The molecule has 0 saturated heterocycles. The quantitative estimate of drug-likeness (QED) is 0.0455. The zero-order valence-electron chi connectivity index (χ0n) is 33.6. The van der Waals surface area contributed by atoms with Gasteiger partial charge in [-0.25, -0.2) is 0 Å². The van der Waals surface area contributed by atoms with E-state index in [1.807, 2.05) is 47.6 Å². The molecule has 0 heterocycles. The van der Waals surface area contributed by atoms with E-state index in [0.29, 0.717) is 19.3 Å². The van der Waals surface area contributed by atoms with Gasteiger partial charge in [-0.05, 0) is 63.7 Å². The van der Waals surface area contributed by atoms with Gasteiger partial charge >= 0.3 is 0 Å². The van der Waals surface area contributed by atoms with E-state index in [1.54, 1.807) is 0 Å². The normalized spacial score (nSPS) is 13.8. The van der Waals surface area contributed by atoms with Crippen molar-refractivity contribution in [3.63, 3.8) is 0 Å². The molecule has 15 nitrogen and oxygen atoms in total. The van der Waals surface area contributed by atoms with Gasteiger partial charge in [0, 0.05) is 6.42 Å². The van der Waals surface area contributed by atoms with E-state index < -0.39 is 72.2 Å². The summed E-state index contributed by atoms with van der Waals surface area (Å²) in [6, 6.07) is -2.38. The Morgan fingerprint density at radius 2 is 1.23 bits per heavy atom. The number of nitrogens with one attached hydrogen (secondary N) is 7. The average Bonchev–Trinajstić information content (AvgIpc) is 3.08. The highest BCUT2D eigenvalue weighted by Gasteiger charge is 2.34. The van der Waals surface area contributed by atoms with Gasteiger partial charge in [0.15, 0.2) is 0 Å². The van der Waals surface area contributed by atoms with Crippen molar-refractivity contribution in [1.29, 1.82) is 0 Å². The maximum Gasteiger partial charge on any atom is 0.245 e. The Morgan fingerprint density at radius 1 is 0.660 bits per heavy atom. The molecule has 0 radical (unpaired) electrons. The van der Waals surface area contributed by atoms with E-state index in [4.69, 9.17) is 0 Å². The second-order valence-electron chi connectivity index (χ2n) is 15.1. The molecule has 4 unspecified atom stereocenters. The van der Waals surface area contributed by atoms with Gasteiger partial charge in [-0.1, -0.05) is 79.9 Å². The number of carbonyl (C=O) groups excluding carboxylic acids is 7. The number of hydrogen-bond donors (Lipinski definition) is 8. The van der Waals surface area contributed by atoms with E-state index in [-0.39, 0.29) is 49.7 Å². The molecule has 0 aliphatic carbocycles. The van der Waals surface area contributed by atoms with Gasteiger partial charge in [0.25, 0.3) is 0 Å². The van der Waals surface area contributed by atoms with Gasteiger partial charge < -0.3 is 42.3 Å². The van der Waals surface area contributed by atoms with Crippen LogP contribution in [0.1, 0.15) is 120 Å². The zero-order valence-corrected chi connectivity index (χ0v) is 33.6. The summed E-state index contributed by atoms with van der Waals surface area (Å²) in [5, 5.41) is 27.8. The molecule has 0 saturated carbocycles. The van der Waals surface area contributed by atoms with Crippen molar-refractivity contribution in [2.75, 3.05) is 26.2 Å². The Hall–Kier alpha value is -4.01. The molecule has 0 fully saturated rings. The van der Waals surface area contributed by atoms with Gasteiger partial charge in [-0.3, -0.25) is 33.6 Å². The van der Waals surface area contributed by atoms with Crippen molar-refractivity contribution in [1.82, 2.24) is 37.2 Å². The van der Waals surface area contributed by atoms with Gasteiger partial charge in [-0.15, -0.1) is 0 Å². The highest BCUT2D eigenvalue weighted by molar-refractivity contribution is 5.96. The average molecular weight is 752 g/mol. The van der Waals surface area contributed by atoms with Crippen LogP contribution in [-0.2, 0) is 33.6 Å². The molecular formula is C38H69N7O8. The van der Waals surface area contributed by atoms with Crippen LogP contribution in [0.25, 0.3) is 0 Å². The number of amides is 7. The largest absolute Gasteiger partial charge is 0.394 e. The van der Waals surface area contributed by atoms with Crippen LogP contribution >= 0.6 is 0 Å². The molecular weight excluding hydrogens is 682 g/mol. The van der Waals surface area contributed by atoms with Gasteiger partial charge in [0.2, 0.25) is 41.4 Å². The van der Waals surface area contributed by atoms with Crippen LogP contribution in [0.3, 0.4) is 0 Å². The molecule has 0 spiro atoms. The minimum Gasteiger partial charge on any atom is -0.394 e. The fraction of sp³-hybridized carbons (Fsp3) is 0.763. The maximum atomic E-state index is 13.3. The minimum absolute atomic E-state index is 0.0173. The van der Waals surface area contributed by atoms with Crippen LogP contribution in [0.5, 0.6) is 0 Å². The Kier molecular flexibility index (Phi) is 24.7. The highest BCUT2D eigenvalue weighted by atomic mass is 16.3. The number of carbonyl (C=O) groups is 7. The van der Waals surface area contributed by atoms with Crippen LogP contribution in [-0.4, -0.2) is 96.4 Å². The summed E-state index contributed by atoms with van der Waals surface area (Å²) in [6.45, 7) is 15.0. The lowest BCUT2D eigenvalue weighted by Crippen LogP contribution is -2.61. The van der Waals surface area contributed by atoms with Crippen LogP contribution in [0.2, 0.25) is 0 Å². The summed E-state index contributed by atoms with van der Waals surface area (Å²) in [6.07, 6.45) is 10.6. The number of unbranched alkanes of at least 4 members (excludes halogenated alkanes) is 3. The van der Waals surface area contributed by atoms with Crippen molar-refractivity contribution in [2.24, 2.45) is 17.8 Å². The predicted octanol–water partition coefficient (Wildman–Crippen LogP) is 1.73. The summed E-state index contributed by atoms with van der Waals surface area (Å²) in [4.78, 5) is 89.2. The first kappa shape index (κ1) is 49.0. The molecule has 8 N–H and O–H groups in total. The third-order valence-electron chi connectivity index (χ3n) is 8.48. The van der Waals surface area contributed by atoms with E-state index in [0.717, 1.165) is 19.3 Å². The van der Waals surface area contributed by atoms with Gasteiger partial charge in [0.05, 0.1) is 32.3 Å². The summed E-state index contributed by atoms with van der Waals surface area (Å²) in [7, 11) is 0. The molecule has 53 heavy (non-hydrogen) atoms. The molecule has 15 heteroatoms. The topological polar surface area (TPSA) is 224 Å². The standard InChI is InChI=1S/C38H69N7O8/c1-10-12-13-14-15-16-17-18-30(47)39-21-31(48)40-22-32(49)43-29(20-26(5)6)35(51)45-38(8,9)37(53)41-23-33(50)44-34(27(7)11-2)36(52)42-28(24-46)19-25(3)4/h15-16,25-29,34,46H,10-14,17-24H2,1-9H3,(H,39,47)(H,40,48)(H,41,53)(H,42,52)(H,43,49)(H,44,50)(H,45,51)/b16-15+. The van der Waals surface area contributed by atoms with Crippen LogP contribution in [0.4, 0.5) is 0 Å². The smallest absolute Gasteiger partial charge is 0.245 e. The molecule has 0 aromatic rings. The summed E-state index contributed by atoms with van der Waals surface area (Å²) in [5.41, 5.74) is -1.49. The summed E-state index contributed by atoms with van der Waals surface area (Å²) >= 11 is 0. The third-order valence-corrected chi connectivity index (χ3v) is 8.48. The van der Waals surface area contributed by atoms with Crippen molar-refractivity contribution >= 4 is 41.4 Å². The molecule has 0 bridgehead atoms. The summed E-state index contributed by atoms with van der Waals surface area (Å²) in [5.74, 6) is -3.83. The fourth-order valence-corrected chi connectivity index (χ4v) is 5.22.